The predicted octanol–water partition coefficient (Wildman–Crippen LogP) is 5.60. The number of halogens is 3. The van der Waals surface area contributed by atoms with Crippen LogP contribution in [0.25, 0.3) is 0 Å². The average Bonchev–Trinajstić information content (AvgIpc) is 2.52. The molecular weight excluding hydrogens is 323 g/mol. The predicted molar refractivity (Wildman–Crippen MR) is 96.8 cm³/mol. The van der Waals surface area contributed by atoms with Gasteiger partial charge in [0.05, 0.1) is 5.56 Å². The second-order valence-electron chi connectivity index (χ2n) is 7.65. The SMILES string of the molecule is Cc1ccc(C(C)(C)C)cc1C(CN)Cc1ccc(C(F)(F)F)cc1. The lowest BCUT2D eigenvalue weighted by Crippen LogP contribution is -2.18. The number of hydrogen-bond acceptors (Lipinski definition) is 1. The van der Waals surface area contributed by atoms with E-state index in [1.54, 1.807) is 12.1 Å². The summed E-state index contributed by atoms with van der Waals surface area (Å²) in [4.78, 5) is 0. The third-order valence-electron chi connectivity index (χ3n) is 4.63. The normalized spacial score (nSPS) is 13.8. The minimum Gasteiger partial charge on any atom is -0.330 e. The van der Waals surface area contributed by atoms with Gasteiger partial charge in [0, 0.05) is 5.92 Å². The molecule has 136 valence electrons. The van der Waals surface area contributed by atoms with Crippen molar-refractivity contribution in [3.8, 4) is 0 Å². The topological polar surface area (TPSA) is 26.0 Å². The molecule has 0 bridgehead atoms. The number of benzene rings is 2. The zero-order valence-electron chi connectivity index (χ0n) is 15.2. The summed E-state index contributed by atoms with van der Waals surface area (Å²) < 4.78 is 38.1. The van der Waals surface area contributed by atoms with Gasteiger partial charge < -0.3 is 5.73 Å². The highest BCUT2D eigenvalue weighted by atomic mass is 19.4. The van der Waals surface area contributed by atoms with Crippen molar-refractivity contribution >= 4 is 0 Å². The van der Waals surface area contributed by atoms with Crippen LogP contribution in [0.15, 0.2) is 42.5 Å². The second kappa shape index (κ2) is 7.20. The molecule has 0 aliphatic carbocycles. The molecule has 0 aliphatic heterocycles. The Hall–Kier alpha value is -1.81. The van der Waals surface area contributed by atoms with Gasteiger partial charge >= 0.3 is 6.18 Å². The Labute approximate surface area is 148 Å². The van der Waals surface area contributed by atoms with E-state index < -0.39 is 11.7 Å². The van der Waals surface area contributed by atoms with Crippen LogP contribution in [0.5, 0.6) is 0 Å². The molecule has 2 aromatic rings. The van der Waals surface area contributed by atoms with Gasteiger partial charge in [-0.25, -0.2) is 0 Å². The highest BCUT2D eigenvalue weighted by Crippen LogP contribution is 2.32. The van der Waals surface area contributed by atoms with Gasteiger partial charge in [-0.05, 0) is 59.7 Å². The number of alkyl halides is 3. The highest BCUT2D eigenvalue weighted by molar-refractivity contribution is 5.38. The van der Waals surface area contributed by atoms with Crippen molar-refractivity contribution in [1.29, 1.82) is 0 Å². The Morgan fingerprint density at radius 2 is 1.48 bits per heavy atom. The minimum atomic E-state index is -4.30. The molecule has 4 heteroatoms. The fraction of sp³-hybridized carbons (Fsp3) is 0.429. The van der Waals surface area contributed by atoms with Gasteiger partial charge in [-0.2, -0.15) is 13.2 Å². The van der Waals surface area contributed by atoms with Crippen molar-refractivity contribution in [2.45, 2.75) is 51.6 Å². The molecular formula is C21H26F3N. The van der Waals surface area contributed by atoms with E-state index in [1.807, 2.05) is 0 Å². The lowest BCUT2D eigenvalue weighted by molar-refractivity contribution is -0.137. The van der Waals surface area contributed by atoms with E-state index in [0.717, 1.165) is 23.3 Å². The summed E-state index contributed by atoms with van der Waals surface area (Å²) in [6.45, 7) is 8.99. The van der Waals surface area contributed by atoms with E-state index in [2.05, 4.69) is 45.9 Å². The fourth-order valence-corrected chi connectivity index (χ4v) is 2.98. The Morgan fingerprint density at radius 3 is 1.96 bits per heavy atom. The first-order valence-electron chi connectivity index (χ1n) is 8.49. The quantitative estimate of drug-likeness (QED) is 0.764. The van der Waals surface area contributed by atoms with E-state index in [0.29, 0.717) is 13.0 Å². The van der Waals surface area contributed by atoms with Crippen LogP contribution in [-0.2, 0) is 18.0 Å². The highest BCUT2D eigenvalue weighted by Gasteiger charge is 2.30. The summed E-state index contributed by atoms with van der Waals surface area (Å²) in [6.07, 6.45) is -3.67. The molecule has 0 aromatic heterocycles. The second-order valence-corrected chi connectivity index (χ2v) is 7.65. The molecule has 2 rings (SSSR count). The first-order chi connectivity index (χ1) is 11.5. The maximum absolute atomic E-state index is 12.7. The molecule has 0 aliphatic rings. The van der Waals surface area contributed by atoms with Crippen molar-refractivity contribution in [2.24, 2.45) is 5.73 Å². The van der Waals surface area contributed by atoms with Crippen molar-refractivity contribution in [1.82, 2.24) is 0 Å². The van der Waals surface area contributed by atoms with Crippen LogP contribution in [0.4, 0.5) is 13.2 Å². The van der Waals surface area contributed by atoms with E-state index >= 15 is 0 Å². The fourth-order valence-electron chi connectivity index (χ4n) is 2.98. The zero-order chi connectivity index (χ0) is 18.8. The molecule has 0 fully saturated rings. The molecule has 0 amide bonds. The van der Waals surface area contributed by atoms with Crippen LogP contribution in [0.3, 0.4) is 0 Å². The van der Waals surface area contributed by atoms with Crippen LogP contribution < -0.4 is 5.73 Å². The van der Waals surface area contributed by atoms with Gasteiger partial charge in [0.2, 0.25) is 0 Å². The Balaban J connectivity index is 2.28. The molecule has 0 saturated heterocycles. The minimum absolute atomic E-state index is 0.0377. The van der Waals surface area contributed by atoms with Gasteiger partial charge in [-0.1, -0.05) is 51.1 Å². The molecule has 2 N–H and O–H groups in total. The van der Waals surface area contributed by atoms with E-state index in [-0.39, 0.29) is 11.3 Å². The summed E-state index contributed by atoms with van der Waals surface area (Å²) >= 11 is 0. The Morgan fingerprint density at radius 1 is 0.920 bits per heavy atom. The summed E-state index contributed by atoms with van der Waals surface area (Å²) in [5, 5.41) is 0. The molecule has 25 heavy (non-hydrogen) atoms. The lowest BCUT2D eigenvalue weighted by atomic mass is 9.81. The van der Waals surface area contributed by atoms with E-state index in [1.165, 1.54) is 11.1 Å². The summed E-state index contributed by atoms with van der Waals surface area (Å²) in [5.41, 5.74) is 9.86. The Kier molecular flexibility index (Phi) is 5.62. The maximum atomic E-state index is 12.7. The van der Waals surface area contributed by atoms with Crippen molar-refractivity contribution in [3.63, 3.8) is 0 Å². The van der Waals surface area contributed by atoms with Crippen LogP contribution in [0, 0.1) is 6.92 Å². The molecule has 0 spiro atoms. The molecule has 0 heterocycles. The molecule has 2 aromatic carbocycles. The maximum Gasteiger partial charge on any atom is 0.416 e. The lowest BCUT2D eigenvalue weighted by Gasteiger charge is -2.24. The molecule has 0 saturated carbocycles. The zero-order valence-corrected chi connectivity index (χ0v) is 15.2. The van der Waals surface area contributed by atoms with Gasteiger partial charge in [0.25, 0.3) is 0 Å². The summed E-state index contributed by atoms with van der Waals surface area (Å²) in [7, 11) is 0. The molecule has 1 atom stereocenters. The number of hydrogen-bond donors (Lipinski definition) is 1. The van der Waals surface area contributed by atoms with Crippen molar-refractivity contribution < 1.29 is 13.2 Å². The summed E-state index contributed by atoms with van der Waals surface area (Å²) in [5.74, 6) is 0.0824. The van der Waals surface area contributed by atoms with E-state index in [4.69, 9.17) is 5.73 Å². The number of rotatable bonds is 4. The van der Waals surface area contributed by atoms with Gasteiger partial charge in [0.1, 0.15) is 0 Å². The van der Waals surface area contributed by atoms with Crippen molar-refractivity contribution in [2.75, 3.05) is 6.54 Å². The van der Waals surface area contributed by atoms with Crippen LogP contribution >= 0.6 is 0 Å². The van der Waals surface area contributed by atoms with E-state index in [9.17, 15) is 13.2 Å². The first-order valence-corrected chi connectivity index (χ1v) is 8.49. The Bertz CT molecular complexity index is 709. The van der Waals surface area contributed by atoms with Crippen LogP contribution in [-0.4, -0.2) is 6.54 Å². The first kappa shape index (κ1) is 19.5. The smallest absolute Gasteiger partial charge is 0.330 e. The summed E-state index contributed by atoms with van der Waals surface area (Å²) in [6, 6.07) is 11.8. The monoisotopic (exact) mass is 349 g/mol. The third kappa shape index (κ3) is 4.85. The number of nitrogens with two attached hydrogens (primary N) is 1. The van der Waals surface area contributed by atoms with Gasteiger partial charge in [-0.15, -0.1) is 0 Å². The van der Waals surface area contributed by atoms with Crippen molar-refractivity contribution in [3.05, 3.63) is 70.3 Å². The van der Waals surface area contributed by atoms with Crippen LogP contribution in [0.1, 0.15) is 54.5 Å². The number of aryl methyl sites for hydroxylation is 1. The van der Waals surface area contributed by atoms with Gasteiger partial charge in [-0.3, -0.25) is 0 Å². The molecule has 0 radical (unpaired) electrons. The average molecular weight is 349 g/mol. The largest absolute Gasteiger partial charge is 0.416 e. The third-order valence-corrected chi connectivity index (χ3v) is 4.63. The van der Waals surface area contributed by atoms with Crippen LogP contribution in [0.2, 0.25) is 0 Å². The van der Waals surface area contributed by atoms with Gasteiger partial charge in [0.15, 0.2) is 0 Å². The molecule has 1 unspecified atom stereocenters. The standard InChI is InChI=1S/C21H26F3N/c1-14-5-8-18(20(2,3)4)12-19(14)16(13-25)11-15-6-9-17(10-7-15)21(22,23)24/h5-10,12,16H,11,13,25H2,1-4H3. The molecule has 1 nitrogen and oxygen atoms in total.